The van der Waals surface area contributed by atoms with Gasteiger partial charge in [-0.05, 0) is 30.9 Å². The number of ether oxygens (including phenoxy) is 1. The minimum Gasteiger partial charge on any atom is -0.456 e. The second-order valence-electron chi connectivity index (χ2n) is 7.55. The lowest BCUT2D eigenvalue weighted by Crippen LogP contribution is -2.35. The summed E-state index contributed by atoms with van der Waals surface area (Å²) in [5.74, 6) is -5.30. The molecule has 1 aliphatic carbocycles. The molecule has 1 saturated carbocycles. The second-order valence-corrected chi connectivity index (χ2v) is 10.5. The molecule has 3 rings (SSSR count). The van der Waals surface area contributed by atoms with Crippen molar-refractivity contribution in [2.75, 3.05) is 5.75 Å². The first kappa shape index (κ1) is 23.9. The number of hydrogen-bond donors (Lipinski definition) is 2. The van der Waals surface area contributed by atoms with Crippen LogP contribution in [-0.2, 0) is 20.6 Å². The minimum atomic E-state index is -3.87. The Morgan fingerprint density at radius 1 is 1.31 bits per heavy atom. The Bertz CT molecular complexity index is 1120. The van der Waals surface area contributed by atoms with Gasteiger partial charge in [0.15, 0.2) is 15.6 Å². The number of para-hydroxylation sites is 1. The van der Waals surface area contributed by atoms with Crippen LogP contribution in [0, 0.1) is 5.92 Å². The topological polar surface area (TPSA) is 116 Å². The lowest BCUT2D eigenvalue weighted by Gasteiger charge is -2.14. The van der Waals surface area contributed by atoms with E-state index >= 15 is 0 Å². The van der Waals surface area contributed by atoms with Crippen LogP contribution in [0.3, 0.4) is 0 Å². The smallest absolute Gasteiger partial charge is 0.279 e. The number of primary amides is 1. The highest BCUT2D eigenvalue weighted by Gasteiger charge is 2.34. The zero-order valence-corrected chi connectivity index (χ0v) is 18.7. The summed E-state index contributed by atoms with van der Waals surface area (Å²) in [6, 6.07) is 8.91. The van der Waals surface area contributed by atoms with Gasteiger partial charge < -0.3 is 15.8 Å². The summed E-state index contributed by atoms with van der Waals surface area (Å²) in [6.07, 6.45) is 2.82. The number of nitrogens with two attached hydrogens (primary N) is 1. The number of carbonyl (C=O) groups is 2. The van der Waals surface area contributed by atoms with Gasteiger partial charge in [0.25, 0.3) is 11.8 Å². The van der Waals surface area contributed by atoms with E-state index in [1.807, 2.05) is 0 Å². The van der Waals surface area contributed by atoms with E-state index in [1.54, 1.807) is 30.3 Å². The fourth-order valence-corrected chi connectivity index (χ4v) is 4.71. The van der Waals surface area contributed by atoms with Crippen LogP contribution in [0.5, 0.6) is 11.5 Å². The van der Waals surface area contributed by atoms with E-state index in [0.717, 1.165) is 31.2 Å². The van der Waals surface area contributed by atoms with Gasteiger partial charge in [-0.3, -0.25) is 9.59 Å². The number of benzene rings is 1. The van der Waals surface area contributed by atoms with Crippen molar-refractivity contribution in [3.63, 3.8) is 0 Å². The average molecular weight is 485 g/mol. The first-order valence-electron chi connectivity index (χ1n) is 9.70. The predicted octanol–water partition coefficient (Wildman–Crippen LogP) is 3.57. The molecule has 11 heteroatoms. The summed E-state index contributed by atoms with van der Waals surface area (Å²) >= 11 is 0.609. The SMILES string of the molecule is CC(F)(F)c1cc(Oc2ccccc2)c(C(=O)N[C@H](/C=C/S(=O)(=O)CC(N)=O)C2CC2)s1. The molecule has 1 aromatic heterocycles. The van der Waals surface area contributed by atoms with Gasteiger partial charge in [0.1, 0.15) is 16.4 Å². The Morgan fingerprint density at radius 3 is 2.53 bits per heavy atom. The largest absolute Gasteiger partial charge is 0.456 e. The van der Waals surface area contributed by atoms with Gasteiger partial charge in [0.05, 0.1) is 10.9 Å². The fraction of sp³-hybridized carbons (Fsp3) is 0.333. The van der Waals surface area contributed by atoms with E-state index in [1.165, 1.54) is 6.08 Å². The number of alkyl halides is 2. The van der Waals surface area contributed by atoms with Crippen molar-refractivity contribution < 1.29 is 31.5 Å². The highest BCUT2D eigenvalue weighted by molar-refractivity contribution is 7.94. The molecular weight excluding hydrogens is 462 g/mol. The number of nitrogens with one attached hydrogen (secondary N) is 1. The van der Waals surface area contributed by atoms with Gasteiger partial charge in [-0.2, -0.15) is 0 Å². The number of amides is 2. The number of thiophene rings is 1. The molecule has 2 amide bonds. The zero-order valence-electron chi connectivity index (χ0n) is 17.1. The number of hydrogen-bond acceptors (Lipinski definition) is 6. The van der Waals surface area contributed by atoms with Crippen LogP contribution in [0.1, 0.15) is 34.3 Å². The highest BCUT2D eigenvalue weighted by Crippen LogP contribution is 2.41. The molecule has 1 atom stereocenters. The predicted molar refractivity (Wildman–Crippen MR) is 117 cm³/mol. The van der Waals surface area contributed by atoms with Gasteiger partial charge in [-0.25, -0.2) is 17.2 Å². The third-order valence-corrected chi connectivity index (χ3v) is 7.12. The van der Waals surface area contributed by atoms with Crippen molar-refractivity contribution in [3.8, 4) is 11.5 Å². The molecule has 3 N–H and O–H groups in total. The maximum absolute atomic E-state index is 13.9. The average Bonchev–Trinajstić information content (AvgIpc) is 3.43. The van der Waals surface area contributed by atoms with Gasteiger partial charge in [0.2, 0.25) is 5.91 Å². The highest BCUT2D eigenvalue weighted by atomic mass is 32.2. The monoisotopic (exact) mass is 484 g/mol. The van der Waals surface area contributed by atoms with Gasteiger partial charge in [0, 0.05) is 18.4 Å². The molecule has 172 valence electrons. The number of sulfone groups is 1. The molecule has 0 saturated heterocycles. The first-order chi connectivity index (χ1) is 14.9. The summed E-state index contributed by atoms with van der Waals surface area (Å²) < 4.78 is 57.3. The van der Waals surface area contributed by atoms with Crippen LogP contribution in [0.15, 0.2) is 47.9 Å². The van der Waals surface area contributed by atoms with Crippen molar-refractivity contribution in [1.29, 1.82) is 0 Å². The maximum Gasteiger partial charge on any atom is 0.279 e. The molecule has 32 heavy (non-hydrogen) atoms. The van der Waals surface area contributed by atoms with Crippen molar-refractivity contribution in [2.24, 2.45) is 11.7 Å². The Kier molecular flexibility index (Phi) is 6.99. The van der Waals surface area contributed by atoms with Crippen LogP contribution in [0.2, 0.25) is 0 Å². The van der Waals surface area contributed by atoms with Crippen LogP contribution in [-0.4, -0.2) is 32.0 Å². The third-order valence-electron chi connectivity index (χ3n) is 4.57. The Labute approximate surface area is 188 Å². The molecule has 0 bridgehead atoms. The molecule has 2 aromatic rings. The van der Waals surface area contributed by atoms with E-state index in [2.05, 4.69) is 5.32 Å². The van der Waals surface area contributed by atoms with Gasteiger partial charge in [-0.1, -0.05) is 24.3 Å². The van der Waals surface area contributed by atoms with E-state index < -0.39 is 39.4 Å². The lowest BCUT2D eigenvalue weighted by atomic mass is 10.2. The van der Waals surface area contributed by atoms with Crippen molar-refractivity contribution in [3.05, 3.63) is 57.6 Å². The van der Waals surface area contributed by atoms with E-state index in [4.69, 9.17) is 10.5 Å². The maximum atomic E-state index is 13.9. The van der Waals surface area contributed by atoms with Gasteiger partial charge >= 0.3 is 0 Å². The fourth-order valence-electron chi connectivity index (χ4n) is 2.89. The Hall–Kier alpha value is -2.79. The van der Waals surface area contributed by atoms with E-state index in [0.29, 0.717) is 17.1 Å². The summed E-state index contributed by atoms with van der Waals surface area (Å²) in [5, 5.41) is 3.54. The van der Waals surface area contributed by atoms with Crippen LogP contribution >= 0.6 is 11.3 Å². The lowest BCUT2D eigenvalue weighted by molar-refractivity contribution is -0.115. The molecule has 0 radical (unpaired) electrons. The number of rotatable bonds is 10. The molecule has 7 nitrogen and oxygen atoms in total. The van der Waals surface area contributed by atoms with E-state index in [-0.39, 0.29) is 21.4 Å². The Morgan fingerprint density at radius 2 is 1.97 bits per heavy atom. The number of halogens is 2. The quantitative estimate of drug-likeness (QED) is 0.535. The molecule has 0 spiro atoms. The second kappa shape index (κ2) is 9.37. The standard InChI is InChI=1S/C21H22F2N2O5S2/c1-21(22,23)17-11-16(30-14-5-3-2-4-6-14)19(31-17)20(27)25-15(13-7-8-13)9-10-32(28,29)12-18(24)26/h2-6,9-11,13,15H,7-8,12H2,1H3,(H2,24,26)(H,25,27)/b10-9+/t15-/m1/s1. The zero-order chi connectivity index (χ0) is 23.5. The van der Waals surface area contributed by atoms with Crippen molar-refractivity contribution in [1.82, 2.24) is 5.32 Å². The Balaban J connectivity index is 1.84. The number of carbonyl (C=O) groups excluding carboxylic acids is 2. The molecule has 1 fully saturated rings. The van der Waals surface area contributed by atoms with Crippen LogP contribution < -0.4 is 15.8 Å². The summed E-state index contributed by atoms with van der Waals surface area (Å²) in [4.78, 5) is 23.5. The molecule has 0 aliphatic heterocycles. The third kappa shape index (κ3) is 6.60. The van der Waals surface area contributed by atoms with Gasteiger partial charge in [-0.15, -0.1) is 11.3 Å². The molecule has 0 unspecified atom stereocenters. The van der Waals surface area contributed by atoms with Crippen molar-refractivity contribution >= 4 is 33.0 Å². The van der Waals surface area contributed by atoms with Crippen LogP contribution in [0.25, 0.3) is 0 Å². The first-order valence-corrected chi connectivity index (χ1v) is 12.2. The molecular formula is C21H22F2N2O5S2. The van der Waals surface area contributed by atoms with Crippen LogP contribution in [0.4, 0.5) is 8.78 Å². The molecule has 1 aliphatic rings. The minimum absolute atomic E-state index is 0.00418. The summed E-state index contributed by atoms with van der Waals surface area (Å²) in [7, 11) is -3.87. The normalized spacial score (nSPS) is 15.5. The summed E-state index contributed by atoms with van der Waals surface area (Å²) in [6.45, 7) is 0.728. The molecule has 1 heterocycles. The van der Waals surface area contributed by atoms with E-state index in [9.17, 15) is 26.8 Å². The molecule has 1 aromatic carbocycles. The van der Waals surface area contributed by atoms with Crippen molar-refractivity contribution in [2.45, 2.75) is 31.7 Å². The summed E-state index contributed by atoms with van der Waals surface area (Å²) in [5.41, 5.74) is 4.94.